The van der Waals surface area contributed by atoms with Gasteiger partial charge in [-0.3, -0.25) is 4.90 Å². The first kappa shape index (κ1) is 16.8. The Morgan fingerprint density at radius 3 is 2.04 bits per heavy atom. The predicted molar refractivity (Wildman–Crippen MR) is 118 cm³/mol. The van der Waals surface area contributed by atoms with Crippen LogP contribution in [0.2, 0.25) is 5.02 Å². The summed E-state index contributed by atoms with van der Waals surface area (Å²) in [5.41, 5.74) is 6.43. The molecule has 1 aliphatic rings. The van der Waals surface area contributed by atoms with Crippen molar-refractivity contribution in [2.24, 2.45) is 4.99 Å². The third-order valence-corrected chi connectivity index (χ3v) is 5.15. The van der Waals surface area contributed by atoms with Crippen LogP contribution in [0.3, 0.4) is 0 Å². The molecular weight excluding hydrogens is 364 g/mol. The van der Waals surface area contributed by atoms with E-state index < -0.39 is 0 Å². The van der Waals surface area contributed by atoms with Crippen LogP contribution in [0.1, 0.15) is 5.56 Å². The lowest BCUT2D eigenvalue weighted by Crippen LogP contribution is -2.26. The van der Waals surface area contributed by atoms with Crippen molar-refractivity contribution in [1.29, 1.82) is 0 Å². The molecule has 0 saturated heterocycles. The normalized spacial score (nSPS) is 12.6. The molecule has 0 spiro atoms. The number of hydrogen-bond acceptors (Lipinski definition) is 2. The molecule has 0 fully saturated rings. The topological polar surface area (TPSA) is 15.6 Å². The van der Waals surface area contributed by atoms with E-state index in [4.69, 9.17) is 16.6 Å². The molecule has 28 heavy (non-hydrogen) atoms. The third kappa shape index (κ3) is 2.88. The van der Waals surface area contributed by atoms with Crippen molar-refractivity contribution in [2.75, 3.05) is 4.90 Å². The van der Waals surface area contributed by atoms with Crippen molar-refractivity contribution in [3.63, 3.8) is 0 Å². The summed E-state index contributed by atoms with van der Waals surface area (Å²) in [4.78, 5) is 7.33. The molecule has 3 heteroatoms. The Morgan fingerprint density at radius 1 is 0.607 bits per heavy atom. The van der Waals surface area contributed by atoms with Crippen LogP contribution >= 0.6 is 11.6 Å². The van der Waals surface area contributed by atoms with Crippen LogP contribution in [0.15, 0.2) is 108 Å². The number of hydrogen-bond donors (Lipinski definition) is 0. The highest BCUT2D eigenvalue weighted by molar-refractivity contribution is 6.30. The maximum Gasteiger partial charge on any atom is 0.145 e. The minimum Gasteiger partial charge on any atom is -0.294 e. The van der Waals surface area contributed by atoms with Gasteiger partial charge < -0.3 is 0 Å². The first-order valence-electron chi connectivity index (χ1n) is 9.19. The van der Waals surface area contributed by atoms with Crippen LogP contribution in [-0.4, -0.2) is 5.84 Å². The number of fused-ring (bicyclic) bond motifs is 3. The van der Waals surface area contributed by atoms with Gasteiger partial charge in [-0.05, 0) is 48.5 Å². The number of rotatable bonds is 2. The Morgan fingerprint density at radius 2 is 1.25 bits per heavy atom. The van der Waals surface area contributed by atoms with Crippen LogP contribution in [0, 0.1) is 0 Å². The zero-order valence-electron chi connectivity index (χ0n) is 15.1. The summed E-state index contributed by atoms with van der Waals surface area (Å²) in [6.45, 7) is 0. The van der Waals surface area contributed by atoms with Crippen LogP contribution < -0.4 is 4.90 Å². The van der Waals surface area contributed by atoms with Gasteiger partial charge in [0, 0.05) is 27.4 Å². The Labute approximate surface area is 169 Å². The van der Waals surface area contributed by atoms with E-state index in [1.165, 1.54) is 0 Å². The lowest BCUT2D eigenvalue weighted by Gasteiger charge is -2.27. The van der Waals surface area contributed by atoms with Gasteiger partial charge >= 0.3 is 0 Å². The minimum atomic E-state index is 0.713. The van der Waals surface area contributed by atoms with Gasteiger partial charge in [0.2, 0.25) is 0 Å². The fraction of sp³-hybridized carbons (Fsp3) is 0. The highest BCUT2D eigenvalue weighted by Crippen LogP contribution is 2.43. The van der Waals surface area contributed by atoms with Gasteiger partial charge in [-0.1, -0.05) is 66.2 Å². The van der Waals surface area contributed by atoms with Crippen molar-refractivity contribution in [3.8, 4) is 11.1 Å². The van der Waals surface area contributed by atoms with Gasteiger partial charge in [0.25, 0.3) is 0 Å². The van der Waals surface area contributed by atoms with E-state index in [9.17, 15) is 0 Å². The Kier molecular flexibility index (Phi) is 4.19. The van der Waals surface area contributed by atoms with Crippen molar-refractivity contribution < 1.29 is 0 Å². The number of halogens is 1. The molecule has 0 radical (unpaired) electrons. The molecule has 0 atom stereocenters. The van der Waals surface area contributed by atoms with Crippen LogP contribution in [0.25, 0.3) is 11.1 Å². The number of aliphatic imine (C=N–C) groups is 1. The molecule has 0 aliphatic carbocycles. The average Bonchev–Trinajstić information content (AvgIpc) is 2.90. The third-order valence-electron chi connectivity index (χ3n) is 4.89. The number of para-hydroxylation sites is 3. The van der Waals surface area contributed by atoms with Gasteiger partial charge in [-0.15, -0.1) is 0 Å². The SMILES string of the molecule is Clc1ccc(C2=Nc3ccccc3-c3ccccc3N2c2ccccc2)cc1. The largest absolute Gasteiger partial charge is 0.294 e. The van der Waals surface area contributed by atoms with Crippen LogP contribution in [0.5, 0.6) is 0 Å². The molecule has 0 saturated carbocycles. The van der Waals surface area contributed by atoms with Crippen molar-refractivity contribution in [3.05, 3.63) is 114 Å². The molecule has 2 nitrogen and oxygen atoms in total. The van der Waals surface area contributed by atoms with Gasteiger partial charge in [-0.2, -0.15) is 0 Å². The highest BCUT2D eigenvalue weighted by atomic mass is 35.5. The summed E-state index contributed by atoms with van der Waals surface area (Å²) in [5.74, 6) is 0.875. The molecule has 0 bridgehead atoms. The summed E-state index contributed by atoms with van der Waals surface area (Å²) in [6, 6.07) is 34.9. The summed E-state index contributed by atoms with van der Waals surface area (Å²) in [5, 5.41) is 0.713. The second-order valence-corrected chi connectivity index (χ2v) is 7.08. The van der Waals surface area contributed by atoms with Crippen molar-refractivity contribution >= 4 is 34.5 Å². The van der Waals surface area contributed by atoms with Gasteiger partial charge in [0.1, 0.15) is 5.84 Å². The monoisotopic (exact) mass is 380 g/mol. The Balaban J connectivity index is 1.84. The second kappa shape index (κ2) is 6.99. The van der Waals surface area contributed by atoms with E-state index in [2.05, 4.69) is 71.6 Å². The zero-order chi connectivity index (χ0) is 18.9. The summed E-state index contributed by atoms with van der Waals surface area (Å²) >= 11 is 6.14. The number of nitrogens with zero attached hydrogens (tertiary/aromatic N) is 2. The van der Waals surface area contributed by atoms with Crippen molar-refractivity contribution in [2.45, 2.75) is 0 Å². The number of amidine groups is 1. The van der Waals surface area contributed by atoms with Gasteiger partial charge in [0.15, 0.2) is 0 Å². The number of benzene rings is 4. The van der Waals surface area contributed by atoms with E-state index in [0.29, 0.717) is 5.02 Å². The molecule has 1 heterocycles. The fourth-order valence-corrected chi connectivity index (χ4v) is 3.73. The van der Waals surface area contributed by atoms with Crippen molar-refractivity contribution in [1.82, 2.24) is 0 Å². The molecular formula is C25H17ClN2. The van der Waals surface area contributed by atoms with E-state index >= 15 is 0 Å². The first-order chi connectivity index (χ1) is 13.8. The maximum absolute atomic E-state index is 6.14. The standard InChI is InChI=1S/C25H17ClN2/c26-19-16-14-18(15-17-19)25-27-23-12-6-4-10-21(23)22-11-5-7-13-24(22)28(25)20-8-2-1-3-9-20/h1-17H. The van der Waals surface area contributed by atoms with Crippen LogP contribution in [-0.2, 0) is 0 Å². The fourth-order valence-electron chi connectivity index (χ4n) is 3.60. The molecule has 4 aromatic carbocycles. The summed E-state index contributed by atoms with van der Waals surface area (Å²) < 4.78 is 0. The smallest absolute Gasteiger partial charge is 0.145 e. The molecule has 0 aromatic heterocycles. The summed E-state index contributed by atoms with van der Waals surface area (Å²) in [6.07, 6.45) is 0. The lowest BCUT2D eigenvalue weighted by atomic mass is 10.0. The molecule has 1 aliphatic heterocycles. The highest BCUT2D eigenvalue weighted by Gasteiger charge is 2.25. The maximum atomic E-state index is 6.14. The Hall–Kier alpha value is -3.36. The van der Waals surface area contributed by atoms with Gasteiger partial charge in [0.05, 0.1) is 11.4 Å². The summed E-state index contributed by atoms with van der Waals surface area (Å²) in [7, 11) is 0. The van der Waals surface area contributed by atoms with E-state index in [-0.39, 0.29) is 0 Å². The van der Waals surface area contributed by atoms with E-state index in [1.807, 2.05) is 36.4 Å². The second-order valence-electron chi connectivity index (χ2n) is 6.65. The molecule has 4 aromatic rings. The Bertz CT molecular complexity index is 1160. The first-order valence-corrected chi connectivity index (χ1v) is 9.57. The van der Waals surface area contributed by atoms with Crippen LogP contribution in [0.4, 0.5) is 17.1 Å². The van der Waals surface area contributed by atoms with E-state index in [1.54, 1.807) is 0 Å². The average molecular weight is 381 g/mol. The van der Waals surface area contributed by atoms with Gasteiger partial charge in [-0.25, -0.2) is 4.99 Å². The predicted octanol–water partition coefficient (Wildman–Crippen LogP) is 7.24. The molecule has 5 rings (SSSR count). The van der Waals surface area contributed by atoms with E-state index in [0.717, 1.165) is 39.6 Å². The molecule has 0 unspecified atom stereocenters. The lowest BCUT2D eigenvalue weighted by molar-refractivity contribution is 1.33. The molecule has 0 N–H and O–H groups in total. The zero-order valence-corrected chi connectivity index (χ0v) is 15.8. The molecule has 0 amide bonds. The number of anilines is 2. The molecule has 134 valence electrons. The quantitative estimate of drug-likeness (QED) is 0.358. The minimum absolute atomic E-state index is 0.713.